The lowest BCUT2D eigenvalue weighted by Crippen LogP contribution is -2.18. The topological polar surface area (TPSA) is 26.3 Å². The van der Waals surface area contributed by atoms with Gasteiger partial charge in [-0.05, 0) is 18.0 Å². The second-order valence-electron chi connectivity index (χ2n) is 2.67. The first-order chi connectivity index (χ1) is 4.77. The SMILES string of the molecule is O=C(Cl)[C@H]1C[C@H]2C=C[C@@H]1O2. The van der Waals surface area contributed by atoms with Crippen LogP contribution in [0, 0.1) is 5.92 Å². The monoisotopic (exact) mass is 158 g/mol. The van der Waals surface area contributed by atoms with Gasteiger partial charge >= 0.3 is 0 Å². The van der Waals surface area contributed by atoms with Crippen LogP contribution in [0.15, 0.2) is 12.2 Å². The second kappa shape index (κ2) is 2.07. The third kappa shape index (κ3) is 0.796. The predicted octanol–water partition coefficient (Wildman–Crippen LogP) is 1.10. The molecular weight excluding hydrogens is 152 g/mol. The van der Waals surface area contributed by atoms with Gasteiger partial charge in [0.2, 0.25) is 5.24 Å². The summed E-state index contributed by atoms with van der Waals surface area (Å²) in [6.07, 6.45) is 4.79. The summed E-state index contributed by atoms with van der Waals surface area (Å²) in [7, 11) is 0. The minimum atomic E-state index is -0.267. The molecule has 2 rings (SSSR count). The van der Waals surface area contributed by atoms with Crippen LogP contribution >= 0.6 is 11.6 Å². The molecule has 0 amide bonds. The molecule has 3 heteroatoms. The summed E-state index contributed by atoms with van der Waals surface area (Å²) < 4.78 is 5.33. The maximum atomic E-state index is 10.7. The van der Waals surface area contributed by atoms with Gasteiger partial charge in [-0.3, -0.25) is 4.79 Å². The molecule has 0 spiro atoms. The molecule has 3 atom stereocenters. The number of hydrogen-bond donors (Lipinski definition) is 0. The Hall–Kier alpha value is -0.340. The normalized spacial score (nSPS) is 42.7. The van der Waals surface area contributed by atoms with E-state index in [9.17, 15) is 4.79 Å². The Bertz CT molecular complexity index is 200. The Kier molecular flexibility index (Phi) is 1.32. The highest BCUT2D eigenvalue weighted by atomic mass is 35.5. The fourth-order valence-corrected chi connectivity index (χ4v) is 1.71. The van der Waals surface area contributed by atoms with Gasteiger partial charge in [0.15, 0.2) is 0 Å². The van der Waals surface area contributed by atoms with Gasteiger partial charge in [0.05, 0.1) is 18.1 Å². The van der Waals surface area contributed by atoms with Gasteiger partial charge in [-0.15, -0.1) is 0 Å². The Morgan fingerprint density at radius 3 is 2.70 bits per heavy atom. The van der Waals surface area contributed by atoms with E-state index < -0.39 is 0 Å². The van der Waals surface area contributed by atoms with Crippen LogP contribution < -0.4 is 0 Å². The summed E-state index contributed by atoms with van der Waals surface area (Å²) in [6, 6.07) is 0. The third-order valence-electron chi connectivity index (χ3n) is 2.02. The molecule has 2 heterocycles. The van der Waals surface area contributed by atoms with E-state index in [1.807, 2.05) is 12.2 Å². The van der Waals surface area contributed by atoms with Crippen LogP contribution in [0.25, 0.3) is 0 Å². The summed E-state index contributed by atoms with van der Waals surface area (Å²) >= 11 is 5.33. The van der Waals surface area contributed by atoms with Crippen LogP contribution in [-0.2, 0) is 9.53 Å². The molecule has 0 aromatic rings. The molecule has 2 aliphatic heterocycles. The van der Waals surface area contributed by atoms with E-state index in [-0.39, 0.29) is 23.4 Å². The molecule has 0 aromatic carbocycles. The highest BCUT2D eigenvalue weighted by molar-refractivity contribution is 6.64. The van der Waals surface area contributed by atoms with Gasteiger partial charge in [-0.2, -0.15) is 0 Å². The first kappa shape index (κ1) is 6.38. The summed E-state index contributed by atoms with van der Waals surface area (Å²) in [5.41, 5.74) is 0. The van der Waals surface area contributed by atoms with Gasteiger partial charge in [0.1, 0.15) is 0 Å². The molecule has 0 N–H and O–H groups in total. The molecule has 2 nitrogen and oxygen atoms in total. The average molecular weight is 159 g/mol. The van der Waals surface area contributed by atoms with Gasteiger partial charge < -0.3 is 4.74 Å². The molecule has 2 bridgehead atoms. The largest absolute Gasteiger partial charge is 0.366 e. The lowest BCUT2D eigenvalue weighted by molar-refractivity contribution is -0.115. The van der Waals surface area contributed by atoms with Crippen LogP contribution in [0.5, 0.6) is 0 Å². The number of carbonyl (C=O) groups excluding carboxylic acids is 1. The standard InChI is InChI=1S/C7H7ClO2/c8-7(9)5-3-4-1-2-6(5)10-4/h1-2,4-6H,3H2/t4-,5+,6+/m1/s1. The number of carbonyl (C=O) groups is 1. The van der Waals surface area contributed by atoms with Crippen molar-refractivity contribution in [2.45, 2.75) is 18.6 Å². The Labute approximate surface area is 63.8 Å². The van der Waals surface area contributed by atoms with Gasteiger partial charge in [0.25, 0.3) is 0 Å². The predicted molar refractivity (Wildman–Crippen MR) is 36.8 cm³/mol. The summed E-state index contributed by atoms with van der Waals surface area (Å²) in [6.45, 7) is 0. The molecule has 0 radical (unpaired) electrons. The molecule has 0 aromatic heterocycles. The van der Waals surface area contributed by atoms with Crippen molar-refractivity contribution in [2.24, 2.45) is 5.92 Å². The molecule has 10 heavy (non-hydrogen) atoms. The van der Waals surface area contributed by atoms with Crippen LogP contribution in [0.2, 0.25) is 0 Å². The zero-order valence-electron chi connectivity index (χ0n) is 5.29. The molecule has 54 valence electrons. The van der Waals surface area contributed by atoms with Crippen molar-refractivity contribution >= 4 is 16.8 Å². The molecule has 1 saturated heterocycles. The lowest BCUT2D eigenvalue weighted by Gasteiger charge is -2.08. The highest BCUT2D eigenvalue weighted by Crippen LogP contribution is 2.34. The van der Waals surface area contributed by atoms with E-state index in [0.717, 1.165) is 6.42 Å². The number of hydrogen-bond acceptors (Lipinski definition) is 2. The van der Waals surface area contributed by atoms with Gasteiger partial charge in [0, 0.05) is 0 Å². The van der Waals surface area contributed by atoms with Crippen molar-refractivity contribution in [3.05, 3.63) is 12.2 Å². The molecular formula is C7H7ClO2. The average Bonchev–Trinajstić information content (AvgIpc) is 2.44. The van der Waals surface area contributed by atoms with Crippen LogP contribution in [0.4, 0.5) is 0 Å². The van der Waals surface area contributed by atoms with E-state index in [1.54, 1.807) is 0 Å². The van der Waals surface area contributed by atoms with E-state index >= 15 is 0 Å². The minimum absolute atomic E-state index is 0.0324. The number of fused-ring (bicyclic) bond motifs is 2. The van der Waals surface area contributed by atoms with Crippen LogP contribution in [-0.4, -0.2) is 17.5 Å². The lowest BCUT2D eigenvalue weighted by atomic mass is 9.96. The quantitative estimate of drug-likeness (QED) is 0.422. The van der Waals surface area contributed by atoms with Gasteiger partial charge in [-0.25, -0.2) is 0 Å². The molecule has 0 unspecified atom stereocenters. The zero-order valence-corrected chi connectivity index (χ0v) is 6.04. The summed E-state index contributed by atoms with van der Waals surface area (Å²) in [5, 5.41) is -0.267. The van der Waals surface area contributed by atoms with Crippen molar-refractivity contribution in [3.8, 4) is 0 Å². The van der Waals surface area contributed by atoms with Crippen LogP contribution in [0.3, 0.4) is 0 Å². The highest BCUT2D eigenvalue weighted by Gasteiger charge is 2.40. The fraction of sp³-hybridized carbons (Fsp3) is 0.571. The smallest absolute Gasteiger partial charge is 0.227 e. The first-order valence-electron chi connectivity index (χ1n) is 3.30. The zero-order chi connectivity index (χ0) is 7.14. The van der Waals surface area contributed by atoms with Crippen molar-refractivity contribution in [2.75, 3.05) is 0 Å². The number of halogens is 1. The molecule has 1 fully saturated rings. The molecule has 2 aliphatic rings. The molecule has 0 aliphatic carbocycles. The van der Waals surface area contributed by atoms with Crippen molar-refractivity contribution in [1.82, 2.24) is 0 Å². The van der Waals surface area contributed by atoms with E-state index in [0.29, 0.717) is 0 Å². The number of rotatable bonds is 1. The Morgan fingerprint density at radius 2 is 2.40 bits per heavy atom. The Morgan fingerprint density at radius 1 is 1.60 bits per heavy atom. The van der Waals surface area contributed by atoms with Crippen LogP contribution in [0.1, 0.15) is 6.42 Å². The maximum Gasteiger partial charge on any atom is 0.227 e. The minimum Gasteiger partial charge on any atom is -0.366 e. The fourth-order valence-electron chi connectivity index (χ4n) is 1.50. The number of ether oxygens (including phenoxy) is 1. The van der Waals surface area contributed by atoms with Crippen molar-refractivity contribution in [3.63, 3.8) is 0 Å². The van der Waals surface area contributed by atoms with Crippen molar-refractivity contribution < 1.29 is 9.53 Å². The first-order valence-corrected chi connectivity index (χ1v) is 3.68. The van der Waals surface area contributed by atoms with Gasteiger partial charge in [-0.1, -0.05) is 12.2 Å². The van der Waals surface area contributed by atoms with Crippen molar-refractivity contribution in [1.29, 1.82) is 0 Å². The molecule has 0 saturated carbocycles. The van der Waals surface area contributed by atoms with E-state index in [4.69, 9.17) is 16.3 Å². The Balaban J connectivity index is 2.16. The second-order valence-corrected chi connectivity index (χ2v) is 3.04. The van der Waals surface area contributed by atoms with E-state index in [2.05, 4.69) is 0 Å². The van der Waals surface area contributed by atoms with E-state index in [1.165, 1.54) is 0 Å². The maximum absolute atomic E-state index is 10.7. The third-order valence-corrected chi connectivity index (χ3v) is 2.30. The summed E-state index contributed by atoms with van der Waals surface area (Å²) in [4.78, 5) is 10.7. The summed E-state index contributed by atoms with van der Waals surface area (Å²) in [5.74, 6) is -0.0864.